The van der Waals surface area contributed by atoms with Gasteiger partial charge in [-0.15, -0.1) is 0 Å². The number of hydrogen-bond acceptors (Lipinski definition) is 2. The average molecular weight is 248 g/mol. The highest BCUT2D eigenvalue weighted by atomic mass is 16.2. The minimum absolute atomic E-state index is 0.157. The van der Waals surface area contributed by atoms with Crippen LogP contribution in [0.2, 0.25) is 0 Å². The molecule has 0 saturated heterocycles. The van der Waals surface area contributed by atoms with Gasteiger partial charge >= 0.3 is 0 Å². The number of rotatable bonds is 7. The molecule has 0 aliphatic heterocycles. The molecule has 1 amide bonds. The number of benzene rings is 1. The second-order valence-electron chi connectivity index (χ2n) is 4.86. The number of aryl methyl sites for hydroxylation is 1. The van der Waals surface area contributed by atoms with Crippen molar-refractivity contribution in [2.75, 3.05) is 20.1 Å². The molecule has 3 heteroatoms. The molecule has 0 atom stereocenters. The van der Waals surface area contributed by atoms with Crippen LogP contribution < -0.4 is 5.32 Å². The summed E-state index contributed by atoms with van der Waals surface area (Å²) >= 11 is 0. The number of nitrogens with one attached hydrogen (secondary N) is 1. The van der Waals surface area contributed by atoms with E-state index in [-0.39, 0.29) is 11.9 Å². The highest BCUT2D eigenvalue weighted by Crippen LogP contribution is 2.01. The standard InChI is InChI=1S/C15H24N2O/c1-13(2)17(3)15(18)12-16-11-7-10-14-8-5-4-6-9-14/h4-6,8-9,13,16H,7,10-12H2,1-3H3. The van der Waals surface area contributed by atoms with Crippen LogP contribution in [0.3, 0.4) is 0 Å². The van der Waals surface area contributed by atoms with Gasteiger partial charge in [0.05, 0.1) is 6.54 Å². The average Bonchev–Trinajstić information content (AvgIpc) is 2.38. The van der Waals surface area contributed by atoms with Crippen molar-refractivity contribution in [1.29, 1.82) is 0 Å². The zero-order valence-electron chi connectivity index (χ0n) is 11.6. The van der Waals surface area contributed by atoms with Crippen molar-refractivity contribution < 1.29 is 4.79 Å². The number of likely N-dealkylation sites (N-methyl/N-ethyl adjacent to an activating group) is 1. The van der Waals surface area contributed by atoms with Crippen LogP contribution in [0.25, 0.3) is 0 Å². The van der Waals surface area contributed by atoms with Crippen molar-refractivity contribution in [2.45, 2.75) is 32.7 Å². The highest BCUT2D eigenvalue weighted by molar-refractivity contribution is 5.78. The normalized spacial score (nSPS) is 10.7. The summed E-state index contributed by atoms with van der Waals surface area (Å²) in [5, 5.41) is 3.20. The predicted molar refractivity (Wildman–Crippen MR) is 75.5 cm³/mol. The highest BCUT2D eigenvalue weighted by Gasteiger charge is 2.10. The summed E-state index contributed by atoms with van der Waals surface area (Å²) in [5.74, 6) is 0.157. The fourth-order valence-electron chi connectivity index (χ4n) is 1.67. The third-order valence-electron chi connectivity index (χ3n) is 3.11. The van der Waals surface area contributed by atoms with Gasteiger partial charge in [0.15, 0.2) is 0 Å². The molecule has 100 valence electrons. The smallest absolute Gasteiger partial charge is 0.236 e. The van der Waals surface area contributed by atoms with Gasteiger partial charge in [-0.25, -0.2) is 0 Å². The molecule has 0 radical (unpaired) electrons. The quantitative estimate of drug-likeness (QED) is 0.749. The molecule has 0 heterocycles. The van der Waals surface area contributed by atoms with E-state index in [1.807, 2.05) is 27.0 Å². The Morgan fingerprint density at radius 2 is 1.94 bits per heavy atom. The fraction of sp³-hybridized carbons (Fsp3) is 0.533. The van der Waals surface area contributed by atoms with E-state index in [0.717, 1.165) is 19.4 Å². The van der Waals surface area contributed by atoms with Crippen molar-refractivity contribution in [2.24, 2.45) is 0 Å². The first-order valence-electron chi connectivity index (χ1n) is 6.61. The molecule has 18 heavy (non-hydrogen) atoms. The molecule has 0 fully saturated rings. The van der Waals surface area contributed by atoms with Crippen molar-refractivity contribution in [3.8, 4) is 0 Å². The second kappa shape index (κ2) is 7.88. The summed E-state index contributed by atoms with van der Waals surface area (Å²) in [6.45, 7) is 5.36. The maximum atomic E-state index is 11.7. The molecule has 0 saturated carbocycles. The Kier molecular flexibility index (Phi) is 6.44. The van der Waals surface area contributed by atoms with Gasteiger partial charge in [-0.3, -0.25) is 4.79 Å². The van der Waals surface area contributed by atoms with Gasteiger partial charge in [0.25, 0.3) is 0 Å². The van der Waals surface area contributed by atoms with Crippen molar-refractivity contribution >= 4 is 5.91 Å². The van der Waals surface area contributed by atoms with Gasteiger partial charge in [-0.05, 0) is 38.8 Å². The van der Waals surface area contributed by atoms with E-state index in [9.17, 15) is 4.79 Å². The van der Waals surface area contributed by atoms with Crippen molar-refractivity contribution in [1.82, 2.24) is 10.2 Å². The molecule has 1 rings (SSSR count). The molecule has 0 bridgehead atoms. The molecular weight excluding hydrogens is 224 g/mol. The van der Waals surface area contributed by atoms with E-state index in [2.05, 4.69) is 29.6 Å². The molecule has 0 unspecified atom stereocenters. The van der Waals surface area contributed by atoms with Crippen LogP contribution in [0.5, 0.6) is 0 Å². The zero-order chi connectivity index (χ0) is 13.4. The van der Waals surface area contributed by atoms with E-state index in [0.29, 0.717) is 6.54 Å². The summed E-state index contributed by atoms with van der Waals surface area (Å²) in [6, 6.07) is 10.7. The van der Waals surface area contributed by atoms with E-state index in [1.165, 1.54) is 5.56 Å². The number of amides is 1. The second-order valence-corrected chi connectivity index (χ2v) is 4.86. The monoisotopic (exact) mass is 248 g/mol. The molecule has 1 N–H and O–H groups in total. The summed E-state index contributed by atoms with van der Waals surface area (Å²) in [7, 11) is 1.85. The fourth-order valence-corrected chi connectivity index (χ4v) is 1.67. The zero-order valence-corrected chi connectivity index (χ0v) is 11.6. The molecule has 0 aliphatic carbocycles. The third-order valence-corrected chi connectivity index (χ3v) is 3.11. The summed E-state index contributed by atoms with van der Waals surface area (Å²) < 4.78 is 0. The van der Waals surface area contributed by atoms with Crippen LogP contribution >= 0.6 is 0 Å². The number of carbonyl (C=O) groups is 1. The minimum Gasteiger partial charge on any atom is -0.342 e. The SMILES string of the molecule is CC(C)N(C)C(=O)CNCCCc1ccccc1. The van der Waals surface area contributed by atoms with Crippen molar-refractivity contribution in [3.05, 3.63) is 35.9 Å². The molecule has 0 aromatic heterocycles. The Balaban J connectivity index is 2.11. The molecule has 3 nitrogen and oxygen atoms in total. The number of hydrogen-bond donors (Lipinski definition) is 1. The topological polar surface area (TPSA) is 32.3 Å². The van der Waals surface area contributed by atoms with E-state index < -0.39 is 0 Å². The van der Waals surface area contributed by atoms with Gasteiger partial charge in [0, 0.05) is 13.1 Å². The minimum atomic E-state index is 0.157. The van der Waals surface area contributed by atoms with Gasteiger partial charge < -0.3 is 10.2 Å². The molecule has 0 aliphatic rings. The molecule has 1 aromatic rings. The maximum Gasteiger partial charge on any atom is 0.236 e. The predicted octanol–water partition coefficient (Wildman–Crippen LogP) is 2.08. The van der Waals surface area contributed by atoms with E-state index >= 15 is 0 Å². The number of carbonyl (C=O) groups excluding carboxylic acids is 1. The molecule has 0 spiro atoms. The first-order chi connectivity index (χ1) is 8.61. The first kappa shape index (κ1) is 14.7. The van der Waals surface area contributed by atoms with Crippen LogP contribution in [-0.4, -0.2) is 37.0 Å². The van der Waals surface area contributed by atoms with Crippen LogP contribution in [0.1, 0.15) is 25.8 Å². The van der Waals surface area contributed by atoms with Crippen LogP contribution in [0.4, 0.5) is 0 Å². The Morgan fingerprint density at radius 3 is 2.56 bits per heavy atom. The maximum absolute atomic E-state index is 11.7. The Bertz CT molecular complexity index is 349. The van der Waals surface area contributed by atoms with Crippen LogP contribution in [0.15, 0.2) is 30.3 Å². The van der Waals surface area contributed by atoms with Gasteiger partial charge in [-0.1, -0.05) is 30.3 Å². The Labute approximate surface area is 110 Å². The lowest BCUT2D eigenvalue weighted by atomic mass is 10.1. The van der Waals surface area contributed by atoms with Gasteiger partial charge in [0.1, 0.15) is 0 Å². The summed E-state index contributed by atoms with van der Waals surface area (Å²) in [5.41, 5.74) is 1.35. The Hall–Kier alpha value is -1.35. The van der Waals surface area contributed by atoms with Gasteiger partial charge in [0.2, 0.25) is 5.91 Å². The number of nitrogens with zero attached hydrogens (tertiary/aromatic N) is 1. The van der Waals surface area contributed by atoms with Gasteiger partial charge in [-0.2, -0.15) is 0 Å². The van der Waals surface area contributed by atoms with Crippen LogP contribution in [0, 0.1) is 0 Å². The van der Waals surface area contributed by atoms with Crippen molar-refractivity contribution in [3.63, 3.8) is 0 Å². The van der Waals surface area contributed by atoms with E-state index in [1.54, 1.807) is 4.90 Å². The Morgan fingerprint density at radius 1 is 1.28 bits per heavy atom. The first-order valence-corrected chi connectivity index (χ1v) is 6.61. The van der Waals surface area contributed by atoms with E-state index in [4.69, 9.17) is 0 Å². The largest absolute Gasteiger partial charge is 0.342 e. The lowest BCUT2D eigenvalue weighted by Gasteiger charge is -2.21. The molecule has 1 aromatic carbocycles. The lowest BCUT2D eigenvalue weighted by molar-refractivity contribution is -0.130. The van der Waals surface area contributed by atoms with Crippen LogP contribution in [-0.2, 0) is 11.2 Å². The third kappa shape index (κ3) is 5.32. The summed E-state index contributed by atoms with van der Waals surface area (Å²) in [4.78, 5) is 13.4. The lowest BCUT2D eigenvalue weighted by Crippen LogP contribution is -2.39. The summed E-state index contributed by atoms with van der Waals surface area (Å²) in [6.07, 6.45) is 2.12. The molecular formula is C15H24N2O.